The van der Waals surface area contributed by atoms with Crippen LogP contribution in [0.5, 0.6) is 5.75 Å². The summed E-state index contributed by atoms with van der Waals surface area (Å²) in [6.45, 7) is 3.89. The summed E-state index contributed by atoms with van der Waals surface area (Å²) >= 11 is 0. The van der Waals surface area contributed by atoms with Crippen molar-refractivity contribution in [1.82, 2.24) is 0 Å². The fourth-order valence-electron chi connectivity index (χ4n) is 1.85. The van der Waals surface area contributed by atoms with E-state index >= 15 is 0 Å². The smallest absolute Gasteiger partial charge is 0.426 e. The quantitative estimate of drug-likeness (QED) is 0.605. The number of carbonyl (C=O) groups is 1. The summed E-state index contributed by atoms with van der Waals surface area (Å²) < 4.78 is 10.4. The van der Waals surface area contributed by atoms with Crippen LogP contribution in [0.15, 0.2) is 54.6 Å². The highest BCUT2D eigenvalue weighted by Gasteiger charge is 2.13. The van der Waals surface area contributed by atoms with Crippen LogP contribution in [0.4, 0.5) is 4.79 Å². The van der Waals surface area contributed by atoms with E-state index < -0.39 is 6.16 Å². The maximum atomic E-state index is 11.7. The minimum atomic E-state index is -0.689. The lowest BCUT2D eigenvalue weighted by molar-refractivity contribution is 0.0655. The normalized spacial score (nSPS) is 11.7. The summed E-state index contributed by atoms with van der Waals surface area (Å²) in [5, 5.41) is 0. The first-order valence-corrected chi connectivity index (χ1v) is 6.71. The number of rotatable bonds is 4. The van der Waals surface area contributed by atoms with E-state index in [1.165, 1.54) is 5.56 Å². The number of carbonyl (C=O) groups excluding carboxylic acids is 1. The molecule has 0 N–H and O–H groups in total. The molecule has 0 aliphatic rings. The molecule has 0 radical (unpaired) electrons. The van der Waals surface area contributed by atoms with Gasteiger partial charge >= 0.3 is 6.16 Å². The number of benzene rings is 2. The molecule has 2 rings (SSSR count). The third-order valence-electron chi connectivity index (χ3n) is 3.07. The maximum absolute atomic E-state index is 11.7. The predicted octanol–water partition coefficient (Wildman–Crippen LogP) is 4.53. The van der Waals surface area contributed by atoms with Crippen LogP contribution in [0.3, 0.4) is 0 Å². The summed E-state index contributed by atoms with van der Waals surface area (Å²) in [6, 6.07) is 17.0. The van der Waals surface area contributed by atoms with Gasteiger partial charge in [0.15, 0.2) is 0 Å². The van der Waals surface area contributed by atoms with Crippen molar-refractivity contribution in [3.63, 3.8) is 0 Å². The molecule has 0 aromatic heterocycles. The highest BCUT2D eigenvalue weighted by atomic mass is 16.7. The second-order valence-corrected chi connectivity index (χ2v) is 4.52. The second-order valence-electron chi connectivity index (χ2n) is 4.52. The van der Waals surface area contributed by atoms with Crippen molar-refractivity contribution >= 4 is 6.16 Å². The van der Waals surface area contributed by atoms with Gasteiger partial charge in [-0.3, -0.25) is 0 Å². The molecule has 2 aromatic carbocycles. The zero-order valence-corrected chi connectivity index (χ0v) is 11.7. The number of hydrogen-bond acceptors (Lipinski definition) is 3. The van der Waals surface area contributed by atoms with Gasteiger partial charge in [0, 0.05) is 0 Å². The molecule has 0 aliphatic heterocycles. The van der Waals surface area contributed by atoms with Crippen molar-refractivity contribution in [2.75, 3.05) is 0 Å². The van der Waals surface area contributed by atoms with Crippen LogP contribution in [0.1, 0.15) is 31.1 Å². The maximum Gasteiger partial charge on any atom is 0.514 e. The van der Waals surface area contributed by atoms with E-state index in [2.05, 4.69) is 6.92 Å². The fraction of sp³-hybridized carbons (Fsp3) is 0.235. The Hall–Kier alpha value is -2.29. The Kier molecular flexibility index (Phi) is 4.77. The second kappa shape index (κ2) is 6.75. The Morgan fingerprint density at radius 2 is 1.70 bits per heavy atom. The molecule has 3 nitrogen and oxygen atoms in total. The van der Waals surface area contributed by atoms with E-state index in [0.717, 1.165) is 12.0 Å². The first kappa shape index (κ1) is 14.1. The summed E-state index contributed by atoms with van der Waals surface area (Å²) in [4.78, 5) is 11.7. The van der Waals surface area contributed by atoms with Gasteiger partial charge in [0.25, 0.3) is 0 Å². The Bertz CT molecular complexity index is 546. The molecule has 3 heteroatoms. The Morgan fingerprint density at radius 3 is 2.30 bits per heavy atom. The van der Waals surface area contributed by atoms with Crippen LogP contribution >= 0.6 is 0 Å². The molecule has 104 valence electrons. The molecule has 0 bridgehead atoms. The Balaban J connectivity index is 1.91. The van der Waals surface area contributed by atoms with Gasteiger partial charge in [-0.2, -0.15) is 0 Å². The van der Waals surface area contributed by atoms with Crippen molar-refractivity contribution in [2.24, 2.45) is 0 Å². The van der Waals surface area contributed by atoms with Gasteiger partial charge in [0.05, 0.1) is 0 Å². The molecule has 0 amide bonds. The predicted molar refractivity (Wildman–Crippen MR) is 77.8 cm³/mol. The average Bonchev–Trinajstić information content (AvgIpc) is 2.49. The molecule has 2 aromatic rings. The van der Waals surface area contributed by atoms with E-state index in [9.17, 15) is 4.79 Å². The molecule has 1 unspecified atom stereocenters. The fourth-order valence-corrected chi connectivity index (χ4v) is 1.85. The molecule has 1 atom stereocenters. The van der Waals surface area contributed by atoms with E-state index in [4.69, 9.17) is 9.47 Å². The zero-order chi connectivity index (χ0) is 14.4. The third kappa shape index (κ3) is 3.85. The summed E-state index contributed by atoms with van der Waals surface area (Å²) in [7, 11) is 0. The molecular formula is C17H18O3. The number of hydrogen-bond donors (Lipinski definition) is 0. The molecule has 0 saturated carbocycles. The van der Waals surface area contributed by atoms with Crippen molar-refractivity contribution in [3.05, 3.63) is 65.7 Å². The van der Waals surface area contributed by atoms with Crippen molar-refractivity contribution in [1.29, 1.82) is 0 Å². The molecule has 0 fully saturated rings. The van der Waals surface area contributed by atoms with E-state index in [0.29, 0.717) is 5.75 Å². The van der Waals surface area contributed by atoms with Gasteiger partial charge in [-0.05, 0) is 36.6 Å². The van der Waals surface area contributed by atoms with Crippen molar-refractivity contribution in [3.8, 4) is 5.75 Å². The summed E-state index contributed by atoms with van der Waals surface area (Å²) in [5.74, 6) is 0.493. The van der Waals surface area contributed by atoms with Crippen LogP contribution in [0.2, 0.25) is 0 Å². The zero-order valence-electron chi connectivity index (χ0n) is 11.7. The lowest BCUT2D eigenvalue weighted by atomic mass is 10.1. The van der Waals surface area contributed by atoms with Crippen LogP contribution in [-0.2, 0) is 11.2 Å². The highest BCUT2D eigenvalue weighted by molar-refractivity contribution is 5.64. The monoisotopic (exact) mass is 270 g/mol. The largest absolute Gasteiger partial charge is 0.514 e. The van der Waals surface area contributed by atoms with Gasteiger partial charge < -0.3 is 9.47 Å². The van der Waals surface area contributed by atoms with E-state index in [1.54, 1.807) is 12.1 Å². The van der Waals surface area contributed by atoms with Gasteiger partial charge in [-0.25, -0.2) is 4.79 Å². The van der Waals surface area contributed by atoms with Crippen molar-refractivity contribution < 1.29 is 14.3 Å². The van der Waals surface area contributed by atoms with Crippen LogP contribution in [0, 0.1) is 0 Å². The van der Waals surface area contributed by atoms with Gasteiger partial charge in [0.2, 0.25) is 0 Å². The SMILES string of the molecule is CCc1ccc(OC(=O)OC(C)c2ccccc2)cc1. The lowest BCUT2D eigenvalue weighted by Crippen LogP contribution is -2.13. The molecule has 0 aliphatic carbocycles. The third-order valence-corrected chi connectivity index (χ3v) is 3.07. The molecular weight excluding hydrogens is 252 g/mol. The highest BCUT2D eigenvalue weighted by Crippen LogP contribution is 2.18. The van der Waals surface area contributed by atoms with Gasteiger partial charge in [-0.1, -0.05) is 49.4 Å². The van der Waals surface area contributed by atoms with Gasteiger partial charge in [-0.15, -0.1) is 0 Å². The van der Waals surface area contributed by atoms with Crippen LogP contribution < -0.4 is 4.74 Å². The van der Waals surface area contributed by atoms with Gasteiger partial charge in [0.1, 0.15) is 11.9 Å². The molecule has 20 heavy (non-hydrogen) atoms. The number of ether oxygens (including phenoxy) is 2. The molecule has 0 spiro atoms. The Morgan fingerprint density at radius 1 is 1.05 bits per heavy atom. The Labute approximate surface area is 119 Å². The lowest BCUT2D eigenvalue weighted by Gasteiger charge is -2.13. The molecule has 0 heterocycles. The first-order valence-electron chi connectivity index (χ1n) is 6.71. The minimum Gasteiger partial charge on any atom is -0.426 e. The van der Waals surface area contributed by atoms with Crippen LogP contribution in [-0.4, -0.2) is 6.16 Å². The summed E-state index contributed by atoms with van der Waals surface area (Å²) in [5.41, 5.74) is 2.13. The minimum absolute atomic E-state index is 0.335. The summed E-state index contributed by atoms with van der Waals surface area (Å²) in [6.07, 6.45) is -0.0697. The van der Waals surface area contributed by atoms with E-state index in [-0.39, 0.29) is 6.10 Å². The first-order chi connectivity index (χ1) is 9.69. The molecule has 0 saturated heterocycles. The van der Waals surface area contributed by atoms with Crippen LogP contribution in [0.25, 0.3) is 0 Å². The van der Waals surface area contributed by atoms with Crippen molar-refractivity contribution in [2.45, 2.75) is 26.4 Å². The standard InChI is InChI=1S/C17H18O3/c1-3-14-9-11-16(12-10-14)20-17(18)19-13(2)15-7-5-4-6-8-15/h4-13H,3H2,1-2H3. The number of aryl methyl sites for hydroxylation is 1. The topological polar surface area (TPSA) is 35.5 Å². The average molecular weight is 270 g/mol. The van der Waals surface area contributed by atoms with E-state index in [1.807, 2.05) is 49.4 Å².